The van der Waals surface area contributed by atoms with Gasteiger partial charge in [0, 0.05) is 31.4 Å². The van der Waals surface area contributed by atoms with Crippen LogP contribution in [-0.2, 0) is 0 Å². The van der Waals surface area contributed by atoms with Crippen LogP contribution in [0.5, 0.6) is 5.88 Å². The molecule has 1 aliphatic rings. The molecule has 0 saturated carbocycles. The fourth-order valence-corrected chi connectivity index (χ4v) is 2.59. The van der Waals surface area contributed by atoms with Gasteiger partial charge in [-0.2, -0.15) is 4.98 Å². The van der Waals surface area contributed by atoms with Crippen LogP contribution in [0, 0.1) is 5.92 Å². The third-order valence-electron chi connectivity index (χ3n) is 3.43. The third-order valence-corrected chi connectivity index (χ3v) is 3.43. The van der Waals surface area contributed by atoms with E-state index in [1.54, 1.807) is 19.4 Å². The maximum Gasteiger partial charge on any atom is 0.225 e. The van der Waals surface area contributed by atoms with Gasteiger partial charge in [-0.1, -0.05) is 13.8 Å². The van der Waals surface area contributed by atoms with E-state index in [9.17, 15) is 0 Å². The van der Waals surface area contributed by atoms with Crippen molar-refractivity contribution in [2.45, 2.75) is 32.7 Å². The van der Waals surface area contributed by atoms with Crippen LogP contribution in [0.3, 0.4) is 0 Å². The number of likely N-dealkylation sites (tertiary alicyclic amines) is 1. The van der Waals surface area contributed by atoms with Crippen LogP contribution >= 0.6 is 0 Å². The molecule has 1 atom stereocenters. The molecule has 1 aromatic heterocycles. The summed E-state index contributed by atoms with van der Waals surface area (Å²) in [6.07, 6.45) is 4.26. The molecule has 5 nitrogen and oxygen atoms in total. The number of rotatable bonds is 6. The number of methoxy groups -OCH3 is 1. The summed E-state index contributed by atoms with van der Waals surface area (Å²) in [4.78, 5) is 11.1. The minimum atomic E-state index is 0.595. The lowest BCUT2D eigenvalue weighted by Gasteiger charge is -2.26. The lowest BCUT2D eigenvalue weighted by molar-refractivity contribution is 0.234. The Labute approximate surface area is 115 Å². The van der Waals surface area contributed by atoms with Gasteiger partial charge < -0.3 is 10.1 Å². The highest BCUT2D eigenvalue weighted by molar-refractivity contribution is 5.27. The number of nitrogens with zero attached hydrogens (tertiary/aromatic N) is 3. The van der Waals surface area contributed by atoms with Gasteiger partial charge in [-0.25, -0.2) is 4.98 Å². The van der Waals surface area contributed by atoms with Gasteiger partial charge in [0.15, 0.2) is 0 Å². The van der Waals surface area contributed by atoms with Crippen LogP contribution in [-0.4, -0.2) is 47.7 Å². The highest BCUT2D eigenvalue weighted by atomic mass is 16.5. The molecule has 5 heteroatoms. The first-order valence-electron chi connectivity index (χ1n) is 7.04. The minimum absolute atomic E-state index is 0.595. The average Bonchev–Trinajstić information content (AvgIpc) is 2.83. The second-order valence-electron chi connectivity index (χ2n) is 5.49. The molecule has 0 aliphatic carbocycles. The van der Waals surface area contributed by atoms with E-state index in [0.29, 0.717) is 23.8 Å². The number of nitrogens with one attached hydrogen (secondary N) is 1. The SMILES string of the molecule is COc1ccnc(NC[C@H]2CCCN2CC(C)C)n1. The summed E-state index contributed by atoms with van der Waals surface area (Å²) in [5.41, 5.74) is 0. The normalized spacial score (nSPS) is 19.9. The van der Waals surface area contributed by atoms with Crippen molar-refractivity contribution >= 4 is 5.95 Å². The van der Waals surface area contributed by atoms with Gasteiger partial charge in [-0.05, 0) is 25.3 Å². The quantitative estimate of drug-likeness (QED) is 0.852. The summed E-state index contributed by atoms with van der Waals surface area (Å²) in [7, 11) is 1.62. The molecule has 2 heterocycles. The summed E-state index contributed by atoms with van der Waals surface area (Å²) in [6, 6.07) is 2.35. The Bertz CT molecular complexity index is 397. The highest BCUT2D eigenvalue weighted by Crippen LogP contribution is 2.19. The van der Waals surface area contributed by atoms with Gasteiger partial charge in [0.2, 0.25) is 11.8 Å². The number of hydrogen-bond acceptors (Lipinski definition) is 5. The molecular formula is C14H24N4O. The molecule has 0 amide bonds. The smallest absolute Gasteiger partial charge is 0.225 e. The van der Waals surface area contributed by atoms with E-state index in [1.807, 2.05) is 0 Å². The van der Waals surface area contributed by atoms with Gasteiger partial charge in [0.1, 0.15) is 0 Å². The number of ether oxygens (including phenoxy) is 1. The monoisotopic (exact) mass is 264 g/mol. The molecule has 1 saturated heterocycles. The van der Waals surface area contributed by atoms with Crippen molar-refractivity contribution in [2.24, 2.45) is 5.92 Å². The molecule has 1 fully saturated rings. The minimum Gasteiger partial charge on any atom is -0.481 e. The zero-order valence-corrected chi connectivity index (χ0v) is 12.1. The molecule has 2 rings (SSSR count). The predicted octanol–water partition coefficient (Wildman–Crippen LogP) is 2.02. The standard InChI is InChI=1S/C14H24N4O/c1-11(2)10-18-8-4-5-12(18)9-16-14-15-7-6-13(17-14)19-3/h6-7,11-12H,4-5,8-10H2,1-3H3,(H,15,16,17)/t12-/m1/s1. The second-order valence-corrected chi connectivity index (χ2v) is 5.49. The number of aromatic nitrogens is 2. The molecule has 0 bridgehead atoms. The van der Waals surface area contributed by atoms with Crippen molar-refractivity contribution in [3.8, 4) is 5.88 Å². The van der Waals surface area contributed by atoms with Crippen molar-refractivity contribution < 1.29 is 4.74 Å². The first-order chi connectivity index (χ1) is 9.19. The van der Waals surface area contributed by atoms with Gasteiger partial charge in [-0.3, -0.25) is 4.90 Å². The largest absolute Gasteiger partial charge is 0.481 e. The van der Waals surface area contributed by atoms with E-state index in [1.165, 1.54) is 25.9 Å². The third kappa shape index (κ3) is 4.06. The van der Waals surface area contributed by atoms with Crippen LogP contribution in [0.25, 0.3) is 0 Å². The zero-order valence-electron chi connectivity index (χ0n) is 12.1. The van der Waals surface area contributed by atoms with Gasteiger partial charge >= 0.3 is 0 Å². The van der Waals surface area contributed by atoms with Crippen molar-refractivity contribution in [1.82, 2.24) is 14.9 Å². The maximum atomic E-state index is 5.10. The van der Waals surface area contributed by atoms with Crippen LogP contribution in [0.2, 0.25) is 0 Å². The van der Waals surface area contributed by atoms with E-state index >= 15 is 0 Å². The Morgan fingerprint density at radius 1 is 1.53 bits per heavy atom. The fraction of sp³-hybridized carbons (Fsp3) is 0.714. The van der Waals surface area contributed by atoms with Crippen molar-refractivity contribution in [1.29, 1.82) is 0 Å². The molecule has 0 aromatic carbocycles. The maximum absolute atomic E-state index is 5.10. The fourth-order valence-electron chi connectivity index (χ4n) is 2.59. The lowest BCUT2D eigenvalue weighted by atomic mass is 10.1. The van der Waals surface area contributed by atoms with Crippen molar-refractivity contribution in [2.75, 3.05) is 32.1 Å². The number of hydrogen-bond donors (Lipinski definition) is 1. The Balaban J connectivity index is 1.86. The Morgan fingerprint density at radius 3 is 3.11 bits per heavy atom. The summed E-state index contributed by atoms with van der Waals surface area (Å²) >= 11 is 0. The van der Waals surface area contributed by atoms with Gasteiger partial charge in [0.25, 0.3) is 0 Å². The Morgan fingerprint density at radius 2 is 2.37 bits per heavy atom. The Kier molecular flexibility index (Phi) is 4.96. The predicted molar refractivity (Wildman–Crippen MR) is 76.5 cm³/mol. The molecule has 19 heavy (non-hydrogen) atoms. The van der Waals surface area contributed by atoms with E-state index in [-0.39, 0.29) is 0 Å². The molecule has 1 aromatic rings. The van der Waals surface area contributed by atoms with Crippen molar-refractivity contribution in [3.63, 3.8) is 0 Å². The highest BCUT2D eigenvalue weighted by Gasteiger charge is 2.24. The molecule has 1 N–H and O–H groups in total. The summed E-state index contributed by atoms with van der Waals surface area (Å²) < 4.78 is 5.10. The number of anilines is 1. The molecule has 0 unspecified atom stereocenters. The lowest BCUT2D eigenvalue weighted by Crippen LogP contribution is -2.37. The first-order valence-corrected chi connectivity index (χ1v) is 7.04. The molecule has 1 aliphatic heterocycles. The van der Waals surface area contributed by atoms with Gasteiger partial charge in [0.05, 0.1) is 7.11 Å². The van der Waals surface area contributed by atoms with Crippen LogP contribution in [0.1, 0.15) is 26.7 Å². The molecule has 0 spiro atoms. The van der Waals surface area contributed by atoms with Gasteiger partial charge in [-0.15, -0.1) is 0 Å². The average molecular weight is 264 g/mol. The van der Waals surface area contributed by atoms with E-state index < -0.39 is 0 Å². The zero-order chi connectivity index (χ0) is 13.7. The van der Waals surface area contributed by atoms with E-state index in [2.05, 4.69) is 34.0 Å². The molecular weight excluding hydrogens is 240 g/mol. The van der Waals surface area contributed by atoms with E-state index in [0.717, 1.165) is 6.54 Å². The Hall–Kier alpha value is -1.36. The topological polar surface area (TPSA) is 50.3 Å². The van der Waals surface area contributed by atoms with Crippen LogP contribution in [0.15, 0.2) is 12.3 Å². The first kappa shape index (κ1) is 14.1. The summed E-state index contributed by atoms with van der Waals surface area (Å²) in [6.45, 7) is 7.83. The summed E-state index contributed by atoms with van der Waals surface area (Å²) in [5, 5.41) is 3.32. The van der Waals surface area contributed by atoms with Crippen LogP contribution in [0.4, 0.5) is 5.95 Å². The molecule has 0 radical (unpaired) electrons. The second kappa shape index (κ2) is 6.70. The van der Waals surface area contributed by atoms with Crippen molar-refractivity contribution in [3.05, 3.63) is 12.3 Å². The molecule has 106 valence electrons. The summed E-state index contributed by atoms with van der Waals surface area (Å²) in [5.74, 6) is 1.97. The van der Waals surface area contributed by atoms with Crippen LogP contribution < -0.4 is 10.1 Å². The van der Waals surface area contributed by atoms with E-state index in [4.69, 9.17) is 4.74 Å².